The van der Waals surface area contributed by atoms with Gasteiger partial charge in [-0.3, -0.25) is 4.79 Å². The standard InChI is InChI=1S/C28H23BrF3N3O2/c1-37-22-8-5-18(6-9-22)26-17-24(23-16-20(29)7-10-25(23)33-26)27(36)35-13-11-34(12-14-35)21-4-2-3-19(15-21)28(30,31)32/h2-10,15-17H,11-14H2,1H3. The average Bonchev–Trinajstić information content (AvgIpc) is 2.92. The van der Waals surface area contributed by atoms with E-state index in [0.29, 0.717) is 48.6 Å². The van der Waals surface area contributed by atoms with Gasteiger partial charge in [-0.05, 0) is 66.7 Å². The Morgan fingerprint density at radius 1 is 0.946 bits per heavy atom. The predicted octanol–water partition coefficient (Wildman–Crippen LogP) is 6.65. The number of aromatic nitrogens is 1. The van der Waals surface area contributed by atoms with Crippen LogP contribution < -0.4 is 9.64 Å². The lowest BCUT2D eigenvalue weighted by molar-refractivity contribution is -0.137. The molecule has 0 spiro atoms. The van der Waals surface area contributed by atoms with Gasteiger partial charge in [0, 0.05) is 47.3 Å². The molecule has 0 saturated carbocycles. The van der Waals surface area contributed by atoms with Crippen LogP contribution in [0.2, 0.25) is 0 Å². The van der Waals surface area contributed by atoms with Crippen molar-refractivity contribution >= 4 is 38.4 Å². The first-order valence-electron chi connectivity index (χ1n) is 11.7. The average molecular weight is 570 g/mol. The van der Waals surface area contributed by atoms with Crippen molar-refractivity contribution in [3.8, 4) is 17.0 Å². The molecule has 3 aromatic carbocycles. The predicted molar refractivity (Wildman–Crippen MR) is 141 cm³/mol. The van der Waals surface area contributed by atoms with E-state index in [2.05, 4.69) is 15.9 Å². The van der Waals surface area contributed by atoms with Crippen molar-refractivity contribution in [2.45, 2.75) is 6.18 Å². The van der Waals surface area contributed by atoms with Crippen molar-refractivity contribution in [2.24, 2.45) is 0 Å². The largest absolute Gasteiger partial charge is 0.497 e. The first kappa shape index (κ1) is 25.1. The Bertz CT molecular complexity index is 1450. The van der Waals surface area contributed by atoms with Crippen LogP contribution in [-0.2, 0) is 6.18 Å². The number of ether oxygens (including phenoxy) is 1. The molecule has 4 aromatic rings. The smallest absolute Gasteiger partial charge is 0.416 e. The van der Waals surface area contributed by atoms with Crippen LogP contribution in [0.25, 0.3) is 22.2 Å². The number of hydrogen-bond donors (Lipinski definition) is 0. The first-order valence-corrected chi connectivity index (χ1v) is 12.5. The van der Waals surface area contributed by atoms with Crippen molar-refractivity contribution in [3.05, 3.63) is 88.4 Å². The van der Waals surface area contributed by atoms with Gasteiger partial charge in [0.05, 0.1) is 29.4 Å². The van der Waals surface area contributed by atoms with Crippen molar-refractivity contribution in [1.29, 1.82) is 0 Å². The summed E-state index contributed by atoms with van der Waals surface area (Å²) in [6.07, 6.45) is -4.40. The Labute approximate surface area is 220 Å². The van der Waals surface area contributed by atoms with Crippen LogP contribution in [-0.4, -0.2) is 49.1 Å². The van der Waals surface area contributed by atoms with E-state index in [1.165, 1.54) is 6.07 Å². The molecule has 0 atom stereocenters. The number of fused-ring (bicyclic) bond motifs is 1. The van der Waals surface area contributed by atoms with Gasteiger partial charge in [-0.25, -0.2) is 4.98 Å². The molecule has 2 heterocycles. The zero-order chi connectivity index (χ0) is 26.2. The van der Waals surface area contributed by atoms with Gasteiger partial charge in [0.2, 0.25) is 0 Å². The van der Waals surface area contributed by atoms with Crippen molar-refractivity contribution < 1.29 is 22.7 Å². The third-order valence-electron chi connectivity index (χ3n) is 6.49. The molecule has 1 saturated heterocycles. The normalized spacial score (nSPS) is 14.2. The number of methoxy groups -OCH3 is 1. The van der Waals surface area contributed by atoms with E-state index in [9.17, 15) is 18.0 Å². The minimum atomic E-state index is -4.40. The van der Waals surface area contributed by atoms with Crippen molar-refractivity contribution in [1.82, 2.24) is 9.88 Å². The molecule has 0 radical (unpaired) electrons. The molecule has 1 fully saturated rings. The molecule has 0 aliphatic carbocycles. The molecule has 5 rings (SSSR count). The molecular weight excluding hydrogens is 547 g/mol. The highest BCUT2D eigenvalue weighted by Crippen LogP contribution is 2.33. The van der Waals surface area contributed by atoms with Gasteiger partial charge in [0.1, 0.15) is 5.75 Å². The van der Waals surface area contributed by atoms with Crippen LogP contribution in [0.3, 0.4) is 0 Å². The number of alkyl halides is 3. The summed E-state index contributed by atoms with van der Waals surface area (Å²) < 4.78 is 45.5. The summed E-state index contributed by atoms with van der Waals surface area (Å²) in [6, 6.07) is 20.2. The van der Waals surface area contributed by atoms with Gasteiger partial charge in [-0.2, -0.15) is 13.2 Å². The Morgan fingerprint density at radius 2 is 1.68 bits per heavy atom. The maximum atomic E-state index is 13.7. The van der Waals surface area contributed by atoms with Gasteiger partial charge in [0.25, 0.3) is 5.91 Å². The molecule has 1 aliphatic heterocycles. The van der Waals surface area contributed by atoms with E-state index in [0.717, 1.165) is 33.3 Å². The molecule has 1 aliphatic rings. The van der Waals surface area contributed by atoms with E-state index in [4.69, 9.17) is 9.72 Å². The Morgan fingerprint density at radius 3 is 2.35 bits per heavy atom. The summed E-state index contributed by atoms with van der Waals surface area (Å²) in [4.78, 5) is 22.1. The number of halogens is 4. The van der Waals surface area contributed by atoms with E-state index in [1.54, 1.807) is 24.1 Å². The summed E-state index contributed by atoms with van der Waals surface area (Å²) in [5.74, 6) is 0.590. The number of amides is 1. The lowest BCUT2D eigenvalue weighted by Gasteiger charge is -2.36. The van der Waals surface area contributed by atoms with Gasteiger partial charge in [0.15, 0.2) is 0 Å². The zero-order valence-corrected chi connectivity index (χ0v) is 21.5. The fourth-order valence-corrected chi connectivity index (χ4v) is 4.86. The van der Waals surface area contributed by atoms with Crippen LogP contribution >= 0.6 is 15.9 Å². The topological polar surface area (TPSA) is 45.7 Å². The van der Waals surface area contributed by atoms with E-state index < -0.39 is 11.7 Å². The minimum Gasteiger partial charge on any atom is -0.497 e. The molecule has 0 N–H and O–H groups in total. The molecule has 0 bridgehead atoms. The number of anilines is 1. The summed E-state index contributed by atoms with van der Waals surface area (Å²) in [5.41, 5.74) is 2.58. The lowest BCUT2D eigenvalue weighted by Crippen LogP contribution is -2.48. The Hall–Kier alpha value is -3.59. The number of carbonyl (C=O) groups is 1. The zero-order valence-electron chi connectivity index (χ0n) is 19.9. The summed E-state index contributed by atoms with van der Waals surface area (Å²) >= 11 is 3.49. The number of rotatable bonds is 4. The summed E-state index contributed by atoms with van der Waals surface area (Å²) in [7, 11) is 1.60. The van der Waals surface area contributed by atoms with E-state index in [1.807, 2.05) is 47.4 Å². The summed E-state index contributed by atoms with van der Waals surface area (Å²) in [5, 5.41) is 0.733. The lowest BCUT2D eigenvalue weighted by atomic mass is 10.0. The molecule has 9 heteroatoms. The van der Waals surface area contributed by atoms with E-state index >= 15 is 0 Å². The molecule has 190 valence electrons. The van der Waals surface area contributed by atoms with Gasteiger partial charge >= 0.3 is 6.18 Å². The molecule has 37 heavy (non-hydrogen) atoms. The van der Waals surface area contributed by atoms with Crippen LogP contribution in [0.1, 0.15) is 15.9 Å². The van der Waals surface area contributed by atoms with Gasteiger partial charge in [-0.1, -0.05) is 22.0 Å². The highest BCUT2D eigenvalue weighted by molar-refractivity contribution is 9.10. The fourth-order valence-electron chi connectivity index (χ4n) is 4.50. The van der Waals surface area contributed by atoms with Crippen LogP contribution in [0, 0.1) is 0 Å². The van der Waals surface area contributed by atoms with Crippen LogP contribution in [0.15, 0.2) is 77.3 Å². The number of hydrogen-bond acceptors (Lipinski definition) is 4. The maximum absolute atomic E-state index is 13.7. The molecular formula is C28H23BrF3N3O2. The second-order valence-corrected chi connectivity index (χ2v) is 9.69. The highest BCUT2D eigenvalue weighted by atomic mass is 79.9. The fraction of sp³-hybridized carbons (Fsp3) is 0.214. The summed E-state index contributed by atoms with van der Waals surface area (Å²) in [6.45, 7) is 1.66. The monoisotopic (exact) mass is 569 g/mol. The number of benzene rings is 3. The Kier molecular flexibility index (Phi) is 6.81. The third kappa shape index (κ3) is 5.27. The SMILES string of the molecule is COc1ccc(-c2cc(C(=O)N3CCN(c4cccc(C(F)(F)F)c4)CC3)c3cc(Br)ccc3n2)cc1. The third-order valence-corrected chi connectivity index (χ3v) is 6.99. The second-order valence-electron chi connectivity index (χ2n) is 8.77. The van der Waals surface area contributed by atoms with Crippen molar-refractivity contribution in [2.75, 3.05) is 38.2 Å². The van der Waals surface area contributed by atoms with E-state index in [-0.39, 0.29) is 5.91 Å². The molecule has 0 unspecified atom stereocenters. The highest BCUT2D eigenvalue weighted by Gasteiger charge is 2.31. The molecule has 1 amide bonds. The minimum absolute atomic E-state index is 0.135. The maximum Gasteiger partial charge on any atom is 0.416 e. The quantitative estimate of drug-likeness (QED) is 0.276. The van der Waals surface area contributed by atoms with Gasteiger partial charge < -0.3 is 14.5 Å². The number of carbonyl (C=O) groups excluding carboxylic acids is 1. The first-order chi connectivity index (χ1) is 17.7. The van der Waals surface area contributed by atoms with Crippen molar-refractivity contribution in [3.63, 3.8) is 0 Å². The Balaban J connectivity index is 1.42. The van der Waals surface area contributed by atoms with Crippen LogP contribution in [0.4, 0.5) is 18.9 Å². The van der Waals surface area contributed by atoms with Gasteiger partial charge in [-0.15, -0.1) is 0 Å². The number of nitrogens with zero attached hydrogens (tertiary/aromatic N) is 3. The number of pyridine rings is 1. The second kappa shape index (κ2) is 10.0. The number of piperazine rings is 1. The molecule has 5 nitrogen and oxygen atoms in total. The molecule has 1 aromatic heterocycles. The van der Waals surface area contributed by atoms with Crippen LogP contribution in [0.5, 0.6) is 5.75 Å².